The average molecular weight is 462 g/mol. The van der Waals surface area contributed by atoms with E-state index in [-0.39, 0.29) is 17.6 Å². The highest BCUT2D eigenvalue weighted by Gasteiger charge is 2.44. The van der Waals surface area contributed by atoms with Crippen LogP contribution in [0.4, 0.5) is 8.78 Å². The van der Waals surface area contributed by atoms with Gasteiger partial charge in [0, 0.05) is 31.3 Å². The van der Waals surface area contributed by atoms with E-state index in [4.69, 9.17) is 4.74 Å². The first-order valence-electron chi connectivity index (χ1n) is 11.1. The number of nitrogens with zero attached hydrogens (tertiary/aromatic N) is 1. The molecule has 33 heavy (non-hydrogen) atoms. The molecule has 0 saturated carbocycles. The molecule has 2 aromatic carbocycles. The van der Waals surface area contributed by atoms with Gasteiger partial charge in [-0.2, -0.15) is 0 Å². The zero-order valence-corrected chi connectivity index (χ0v) is 19.3. The molecule has 0 saturated heterocycles. The van der Waals surface area contributed by atoms with Crippen molar-refractivity contribution in [3.63, 3.8) is 0 Å². The van der Waals surface area contributed by atoms with E-state index in [1.165, 1.54) is 6.07 Å². The van der Waals surface area contributed by atoms with E-state index in [0.29, 0.717) is 31.8 Å². The van der Waals surface area contributed by atoms with Gasteiger partial charge < -0.3 is 19.3 Å². The number of halogens is 2. The third-order valence-corrected chi connectivity index (χ3v) is 6.16. The normalized spacial score (nSPS) is 19.5. The maximum absolute atomic E-state index is 13.5. The first kappa shape index (κ1) is 23.3. The molecule has 0 aromatic heterocycles. The summed E-state index contributed by atoms with van der Waals surface area (Å²) in [5.41, 5.74) is 2.97. The van der Waals surface area contributed by atoms with Crippen LogP contribution in [-0.4, -0.2) is 34.9 Å². The molecule has 178 valence electrons. The van der Waals surface area contributed by atoms with Gasteiger partial charge in [-0.1, -0.05) is 30.7 Å². The van der Waals surface area contributed by atoms with E-state index in [1.807, 2.05) is 26.0 Å². The summed E-state index contributed by atoms with van der Waals surface area (Å²) in [6.07, 6.45) is -2.66. The van der Waals surface area contributed by atoms with Crippen LogP contribution < -0.4 is 14.2 Å². The van der Waals surface area contributed by atoms with E-state index in [0.717, 1.165) is 28.7 Å². The van der Waals surface area contributed by atoms with Gasteiger partial charge in [0.15, 0.2) is 11.5 Å². The topological polar surface area (TPSA) is 68.2 Å². The molecule has 0 unspecified atom stereocenters. The standard InChI is InChI=1S/C25H29F2NO5/c1-5-19-14-28(12-17-8-15(2)6-7-16(17)11-24(3,4)23(29)30)13-18-9-21-22(10-20(18)31-19)33-25(26,27)32-21/h6-10,19H,5,11-14H2,1-4H3,(H,29,30)/t19-/m1/s1. The Balaban J connectivity index is 1.63. The van der Waals surface area contributed by atoms with Crippen LogP contribution in [0.15, 0.2) is 30.3 Å². The minimum absolute atomic E-state index is 0.00305. The molecule has 2 heterocycles. The van der Waals surface area contributed by atoms with Crippen molar-refractivity contribution in [1.29, 1.82) is 0 Å². The molecule has 2 aromatic rings. The van der Waals surface area contributed by atoms with E-state index in [9.17, 15) is 18.7 Å². The number of aryl methyl sites for hydroxylation is 1. The number of benzene rings is 2. The van der Waals surface area contributed by atoms with Crippen LogP contribution in [0, 0.1) is 12.3 Å². The average Bonchev–Trinajstić information content (AvgIpc) is 2.90. The summed E-state index contributed by atoms with van der Waals surface area (Å²) >= 11 is 0. The fraction of sp³-hybridized carbons (Fsp3) is 0.480. The summed E-state index contributed by atoms with van der Waals surface area (Å²) in [4.78, 5) is 13.9. The molecule has 0 amide bonds. The van der Waals surface area contributed by atoms with Crippen molar-refractivity contribution in [1.82, 2.24) is 4.90 Å². The SMILES string of the molecule is CC[C@@H]1CN(Cc2cc(C)ccc2CC(C)(C)C(=O)O)Cc2cc3c(cc2O1)OC(F)(F)O3. The molecule has 0 fully saturated rings. The molecule has 0 radical (unpaired) electrons. The Morgan fingerprint density at radius 2 is 1.85 bits per heavy atom. The number of hydrogen-bond acceptors (Lipinski definition) is 5. The van der Waals surface area contributed by atoms with Gasteiger partial charge in [0.1, 0.15) is 11.9 Å². The Morgan fingerprint density at radius 3 is 2.52 bits per heavy atom. The molecular weight excluding hydrogens is 432 g/mol. The van der Waals surface area contributed by atoms with Crippen molar-refractivity contribution in [2.75, 3.05) is 6.54 Å². The van der Waals surface area contributed by atoms with Crippen LogP contribution in [0.25, 0.3) is 0 Å². The highest BCUT2D eigenvalue weighted by Crippen LogP contribution is 2.45. The molecule has 0 spiro atoms. The third kappa shape index (κ3) is 5.05. The lowest BCUT2D eigenvalue weighted by atomic mass is 9.84. The Labute approximate surface area is 192 Å². The third-order valence-electron chi connectivity index (χ3n) is 6.16. The maximum Gasteiger partial charge on any atom is 0.586 e. The number of carboxylic acid groups (broad SMARTS) is 1. The lowest BCUT2D eigenvalue weighted by molar-refractivity contribution is -0.286. The van der Waals surface area contributed by atoms with Gasteiger partial charge in [-0.15, -0.1) is 8.78 Å². The molecule has 0 bridgehead atoms. The fourth-order valence-corrected chi connectivity index (χ4v) is 4.26. The lowest BCUT2D eigenvalue weighted by Gasteiger charge is -2.26. The molecule has 0 aliphatic carbocycles. The number of fused-ring (bicyclic) bond motifs is 2. The van der Waals surface area contributed by atoms with Crippen LogP contribution >= 0.6 is 0 Å². The number of carboxylic acids is 1. The summed E-state index contributed by atoms with van der Waals surface area (Å²) in [7, 11) is 0. The van der Waals surface area contributed by atoms with Crippen LogP contribution in [0.5, 0.6) is 17.2 Å². The molecular formula is C25H29F2NO5. The fourth-order valence-electron chi connectivity index (χ4n) is 4.26. The molecule has 1 N–H and O–H groups in total. The van der Waals surface area contributed by atoms with Crippen molar-refractivity contribution in [2.24, 2.45) is 5.41 Å². The van der Waals surface area contributed by atoms with E-state index in [1.54, 1.807) is 19.9 Å². The minimum Gasteiger partial charge on any atom is -0.489 e. The van der Waals surface area contributed by atoms with Gasteiger partial charge in [-0.05, 0) is 50.8 Å². The van der Waals surface area contributed by atoms with Crippen LogP contribution in [0.2, 0.25) is 0 Å². The van der Waals surface area contributed by atoms with E-state index < -0.39 is 17.7 Å². The van der Waals surface area contributed by atoms with Crippen molar-refractivity contribution in [3.8, 4) is 17.2 Å². The second kappa shape index (κ2) is 8.48. The predicted molar refractivity (Wildman–Crippen MR) is 118 cm³/mol. The van der Waals surface area contributed by atoms with Gasteiger partial charge in [-0.3, -0.25) is 9.69 Å². The molecule has 2 aliphatic rings. The van der Waals surface area contributed by atoms with E-state index in [2.05, 4.69) is 20.4 Å². The van der Waals surface area contributed by atoms with Crippen molar-refractivity contribution < 1.29 is 32.9 Å². The van der Waals surface area contributed by atoms with Crippen LogP contribution in [0.3, 0.4) is 0 Å². The van der Waals surface area contributed by atoms with Gasteiger partial charge in [0.05, 0.1) is 5.41 Å². The second-order valence-corrected chi connectivity index (χ2v) is 9.53. The quantitative estimate of drug-likeness (QED) is 0.642. The first-order valence-corrected chi connectivity index (χ1v) is 11.1. The molecule has 4 rings (SSSR count). The molecule has 1 atom stereocenters. The Hall–Kier alpha value is -2.87. The zero-order valence-electron chi connectivity index (χ0n) is 19.3. The summed E-state index contributed by atoms with van der Waals surface area (Å²) in [6.45, 7) is 9.17. The number of rotatable bonds is 6. The van der Waals surface area contributed by atoms with Gasteiger partial charge >= 0.3 is 12.3 Å². The molecule has 2 aliphatic heterocycles. The van der Waals surface area contributed by atoms with Gasteiger partial charge in [-0.25, -0.2) is 0 Å². The number of ether oxygens (including phenoxy) is 3. The molecule has 6 nitrogen and oxygen atoms in total. The Kier molecular flexibility index (Phi) is 5.99. The maximum atomic E-state index is 13.5. The number of aliphatic carboxylic acids is 1. The Morgan fingerprint density at radius 1 is 1.15 bits per heavy atom. The summed E-state index contributed by atoms with van der Waals surface area (Å²) in [5.74, 6) is -0.360. The van der Waals surface area contributed by atoms with Crippen molar-refractivity contribution in [3.05, 3.63) is 52.6 Å². The van der Waals surface area contributed by atoms with Gasteiger partial charge in [0.25, 0.3) is 0 Å². The highest BCUT2D eigenvalue weighted by molar-refractivity contribution is 5.74. The second-order valence-electron chi connectivity index (χ2n) is 9.53. The zero-order chi connectivity index (χ0) is 24.0. The minimum atomic E-state index is -3.68. The largest absolute Gasteiger partial charge is 0.586 e. The predicted octanol–water partition coefficient (Wildman–Crippen LogP) is 5.14. The summed E-state index contributed by atoms with van der Waals surface area (Å²) in [5, 5.41) is 9.59. The lowest BCUT2D eigenvalue weighted by Crippen LogP contribution is -2.33. The first-order chi connectivity index (χ1) is 15.5. The van der Waals surface area contributed by atoms with Crippen LogP contribution in [-0.2, 0) is 24.3 Å². The summed E-state index contributed by atoms with van der Waals surface area (Å²) < 4.78 is 42.5. The van der Waals surface area contributed by atoms with Crippen LogP contribution in [0.1, 0.15) is 49.4 Å². The highest BCUT2D eigenvalue weighted by atomic mass is 19.3. The Bertz CT molecular complexity index is 1070. The summed E-state index contributed by atoms with van der Waals surface area (Å²) in [6, 6.07) is 9.11. The smallest absolute Gasteiger partial charge is 0.489 e. The number of alkyl halides is 2. The van der Waals surface area contributed by atoms with Crippen molar-refractivity contribution in [2.45, 2.75) is 66.0 Å². The number of carbonyl (C=O) groups is 1. The molecule has 8 heteroatoms. The van der Waals surface area contributed by atoms with Crippen molar-refractivity contribution >= 4 is 5.97 Å². The van der Waals surface area contributed by atoms with Gasteiger partial charge in [0.2, 0.25) is 0 Å². The number of hydrogen-bond donors (Lipinski definition) is 1. The van der Waals surface area contributed by atoms with E-state index >= 15 is 0 Å². The monoisotopic (exact) mass is 461 g/mol.